The first-order valence-corrected chi connectivity index (χ1v) is 7.73. The molecule has 0 atom stereocenters. The molecule has 25 heavy (non-hydrogen) atoms. The first-order valence-electron chi connectivity index (χ1n) is 7.73. The van der Waals surface area contributed by atoms with Crippen LogP contribution in [0.4, 0.5) is 13.2 Å². The molecule has 142 valence electrons. The third kappa shape index (κ3) is 11.0. The zero-order valence-corrected chi connectivity index (χ0v) is 14.3. The van der Waals surface area contributed by atoms with E-state index in [1.54, 1.807) is 6.92 Å². The summed E-state index contributed by atoms with van der Waals surface area (Å²) < 4.78 is 40.9. The lowest BCUT2D eigenvalue weighted by molar-refractivity contribution is -0.697. The molecule has 0 N–H and O–H groups in total. The minimum atomic E-state index is -5.19. The van der Waals surface area contributed by atoms with Gasteiger partial charge in [-0.1, -0.05) is 19.9 Å². The number of aliphatic carboxylic acids is 1. The number of nitrogens with zero attached hydrogens (tertiary/aromatic N) is 2. The Hall–Kier alpha value is -2.32. The van der Waals surface area contributed by atoms with Crippen molar-refractivity contribution in [3.05, 3.63) is 30.9 Å². The molecule has 0 bridgehead atoms. The first kappa shape index (κ1) is 22.7. The molecule has 0 aliphatic heterocycles. The number of alkyl halides is 3. The summed E-state index contributed by atoms with van der Waals surface area (Å²) >= 11 is 0. The van der Waals surface area contributed by atoms with E-state index in [9.17, 15) is 18.0 Å². The maximum absolute atomic E-state index is 11.1. The number of aryl methyl sites for hydroxylation is 2. The summed E-state index contributed by atoms with van der Waals surface area (Å²) in [4.78, 5) is 19.9. The van der Waals surface area contributed by atoms with Gasteiger partial charge in [0.2, 0.25) is 6.33 Å². The summed E-state index contributed by atoms with van der Waals surface area (Å²) in [5, 5.41) is 8.78. The molecule has 0 saturated heterocycles. The Kier molecular flexibility index (Phi) is 10.2. The maximum atomic E-state index is 11.1. The fraction of sp³-hybridized carbons (Fsp3) is 0.562. The normalized spacial score (nSPS) is 10.6. The molecule has 0 aromatic carbocycles. The number of hydrogen-bond acceptors (Lipinski definition) is 4. The number of rotatable bonds is 8. The number of aromatic nitrogens is 2. The second kappa shape index (κ2) is 11.3. The van der Waals surface area contributed by atoms with E-state index >= 15 is 0 Å². The number of ether oxygens (including phenoxy) is 1. The molecule has 1 aromatic heterocycles. The van der Waals surface area contributed by atoms with Crippen molar-refractivity contribution >= 4 is 11.9 Å². The van der Waals surface area contributed by atoms with Gasteiger partial charge in [-0.2, -0.15) is 13.2 Å². The van der Waals surface area contributed by atoms with E-state index in [1.165, 1.54) is 12.8 Å². The number of carbonyl (C=O) groups excluding carboxylic acids is 2. The van der Waals surface area contributed by atoms with Gasteiger partial charge in [-0.15, -0.1) is 0 Å². The highest BCUT2D eigenvalue weighted by molar-refractivity contribution is 5.86. The van der Waals surface area contributed by atoms with Crippen molar-refractivity contribution in [2.45, 2.75) is 52.4 Å². The Labute approximate surface area is 144 Å². The van der Waals surface area contributed by atoms with Crippen LogP contribution in [0, 0.1) is 0 Å². The fourth-order valence-electron chi connectivity index (χ4n) is 1.58. The van der Waals surface area contributed by atoms with E-state index in [1.807, 2.05) is 0 Å². The summed E-state index contributed by atoms with van der Waals surface area (Å²) in [5.74, 6) is -3.31. The van der Waals surface area contributed by atoms with E-state index in [2.05, 4.69) is 41.4 Å². The van der Waals surface area contributed by atoms with Crippen LogP contribution in [0.15, 0.2) is 30.9 Å². The molecule has 1 aromatic rings. The predicted molar refractivity (Wildman–Crippen MR) is 81.0 cm³/mol. The molecule has 1 rings (SSSR count). The van der Waals surface area contributed by atoms with Crippen LogP contribution in [-0.4, -0.2) is 29.3 Å². The minimum absolute atomic E-state index is 0.305. The van der Waals surface area contributed by atoms with Crippen LogP contribution < -0.4 is 9.67 Å². The lowest BCUT2D eigenvalue weighted by atomic mass is 10.3. The monoisotopic (exact) mass is 364 g/mol. The van der Waals surface area contributed by atoms with Crippen LogP contribution in [0.25, 0.3) is 0 Å². The number of halogens is 3. The molecular weight excluding hydrogens is 341 g/mol. The molecule has 0 saturated carbocycles. The Bertz CT molecular complexity index is 568. The largest absolute Gasteiger partial charge is 0.542 e. The molecule has 0 amide bonds. The van der Waals surface area contributed by atoms with E-state index in [0.29, 0.717) is 12.2 Å². The van der Waals surface area contributed by atoms with Crippen molar-refractivity contribution in [2.75, 3.05) is 6.61 Å². The van der Waals surface area contributed by atoms with Crippen LogP contribution >= 0.6 is 0 Å². The smallest absolute Gasteiger partial charge is 0.430 e. The van der Waals surface area contributed by atoms with Crippen LogP contribution in [-0.2, 0) is 27.4 Å². The van der Waals surface area contributed by atoms with Crippen molar-refractivity contribution in [1.82, 2.24) is 4.57 Å². The van der Waals surface area contributed by atoms with Crippen molar-refractivity contribution in [3.8, 4) is 0 Å². The van der Waals surface area contributed by atoms with Crippen molar-refractivity contribution in [3.63, 3.8) is 0 Å². The second-order valence-electron chi connectivity index (χ2n) is 5.30. The number of unbranched alkanes of at least 4 members (excludes halogenated alkanes) is 1. The number of carbonyl (C=O) groups is 2. The Balaban J connectivity index is 0.000000697. The number of carboxylic acids is 1. The third-order valence-electron chi connectivity index (χ3n) is 2.89. The lowest BCUT2D eigenvalue weighted by Crippen LogP contribution is -2.37. The number of imidazole rings is 1. The molecule has 0 aliphatic carbocycles. The quantitative estimate of drug-likeness (QED) is 0.302. The van der Waals surface area contributed by atoms with Gasteiger partial charge in [0.1, 0.15) is 18.4 Å². The van der Waals surface area contributed by atoms with Crippen molar-refractivity contribution in [1.29, 1.82) is 0 Å². The Morgan fingerprint density at radius 3 is 2.40 bits per heavy atom. The number of carboxylic acid groups (broad SMARTS) is 1. The maximum Gasteiger partial charge on any atom is 0.430 e. The van der Waals surface area contributed by atoms with E-state index in [-0.39, 0.29) is 5.97 Å². The molecule has 0 spiro atoms. The van der Waals surface area contributed by atoms with Crippen LogP contribution in [0.1, 0.15) is 33.1 Å². The molecule has 0 aliphatic rings. The number of hydrogen-bond donors (Lipinski definition) is 0. The first-order chi connectivity index (χ1) is 11.6. The van der Waals surface area contributed by atoms with Crippen molar-refractivity contribution in [2.24, 2.45) is 0 Å². The molecule has 6 nitrogen and oxygen atoms in total. The van der Waals surface area contributed by atoms with Crippen LogP contribution in [0.3, 0.4) is 0 Å². The van der Waals surface area contributed by atoms with Gasteiger partial charge in [-0.3, -0.25) is 0 Å². The average Bonchev–Trinajstić information content (AvgIpc) is 2.96. The molecule has 0 unspecified atom stereocenters. The third-order valence-corrected chi connectivity index (χ3v) is 2.89. The standard InChI is InChI=1S/C14H23N2O2.C2HF3O2/c1-4-5-7-15-9-10-16(12-15)8-6-11-18-14(17)13(2)3;3-2(4,5)1(6)7/h9-10,12H,2,4-8,11H2,1,3H3;(H,6,7)/q+1;/p-1. The summed E-state index contributed by atoms with van der Waals surface area (Å²) in [6.07, 6.45) is 4.25. The van der Waals surface area contributed by atoms with Gasteiger partial charge in [0.15, 0.2) is 0 Å². The van der Waals surface area contributed by atoms with E-state index in [4.69, 9.17) is 14.6 Å². The molecule has 9 heteroatoms. The van der Waals surface area contributed by atoms with Crippen molar-refractivity contribution < 1.29 is 37.2 Å². The van der Waals surface area contributed by atoms with Gasteiger partial charge in [-0.25, -0.2) is 13.9 Å². The summed E-state index contributed by atoms with van der Waals surface area (Å²) in [5.41, 5.74) is 0.452. The van der Waals surface area contributed by atoms with Gasteiger partial charge >= 0.3 is 12.1 Å². The van der Waals surface area contributed by atoms with Crippen LogP contribution in [0.2, 0.25) is 0 Å². The minimum Gasteiger partial charge on any atom is -0.542 e. The predicted octanol–water partition coefficient (Wildman–Crippen LogP) is 1.38. The van der Waals surface area contributed by atoms with Gasteiger partial charge in [0.25, 0.3) is 0 Å². The van der Waals surface area contributed by atoms with Gasteiger partial charge in [-0.05, 0) is 13.3 Å². The van der Waals surface area contributed by atoms with Crippen LogP contribution in [0.5, 0.6) is 0 Å². The zero-order valence-electron chi connectivity index (χ0n) is 14.3. The van der Waals surface area contributed by atoms with Gasteiger partial charge in [0, 0.05) is 12.0 Å². The average molecular weight is 364 g/mol. The highest BCUT2D eigenvalue weighted by atomic mass is 19.4. The zero-order chi connectivity index (χ0) is 19.5. The lowest BCUT2D eigenvalue weighted by Gasteiger charge is -2.03. The highest BCUT2D eigenvalue weighted by Gasteiger charge is 2.28. The second-order valence-corrected chi connectivity index (χ2v) is 5.30. The number of esters is 1. The molecule has 0 radical (unpaired) electrons. The Morgan fingerprint density at radius 1 is 1.32 bits per heavy atom. The topological polar surface area (TPSA) is 75.2 Å². The molecule has 0 fully saturated rings. The molecular formula is C16H23F3N2O4. The highest BCUT2D eigenvalue weighted by Crippen LogP contribution is 2.11. The fourth-order valence-corrected chi connectivity index (χ4v) is 1.58. The molecule has 1 heterocycles. The Morgan fingerprint density at radius 2 is 1.92 bits per heavy atom. The van der Waals surface area contributed by atoms with Gasteiger partial charge < -0.3 is 14.6 Å². The SMILES string of the molecule is C=C(C)C(=O)OCCC[n+]1ccn(CCCC)c1.O=C([O-])C(F)(F)F. The summed E-state index contributed by atoms with van der Waals surface area (Å²) in [7, 11) is 0. The summed E-state index contributed by atoms with van der Waals surface area (Å²) in [6.45, 7) is 9.76. The summed E-state index contributed by atoms with van der Waals surface area (Å²) in [6, 6.07) is 0. The van der Waals surface area contributed by atoms with E-state index in [0.717, 1.165) is 19.5 Å². The van der Waals surface area contributed by atoms with Gasteiger partial charge in [0.05, 0.1) is 19.7 Å². The van der Waals surface area contributed by atoms with E-state index < -0.39 is 12.1 Å².